The Balaban J connectivity index is 1.63. The fourth-order valence-electron chi connectivity index (χ4n) is 3.44. The molecule has 0 bridgehead atoms. The molecule has 0 aliphatic heterocycles. The Morgan fingerprint density at radius 1 is 1.29 bits per heavy atom. The van der Waals surface area contributed by atoms with Gasteiger partial charge in [0.1, 0.15) is 22.6 Å². The first-order valence-electron chi connectivity index (χ1n) is 9.01. The molecule has 0 saturated heterocycles. The number of thiophene rings is 1. The van der Waals surface area contributed by atoms with Gasteiger partial charge in [0.25, 0.3) is 5.69 Å². The average molecular weight is 391 g/mol. The van der Waals surface area contributed by atoms with Gasteiger partial charge in [-0.2, -0.15) is 5.26 Å². The Morgan fingerprint density at radius 2 is 2.11 bits per heavy atom. The van der Waals surface area contributed by atoms with Crippen LogP contribution >= 0.6 is 11.3 Å². The molecule has 6 nitrogen and oxygen atoms in total. The van der Waals surface area contributed by atoms with Crippen LogP contribution in [0.25, 0.3) is 11.3 Å². The highest BCUT2D eigenvalue weighted by molar-refractivity contribution is 7.16. The van der Waals surface area contributed by atoms with E-state index in [0.717, 1.165) is 41.8 Å². The summed E-state index contributed by atoms with van der Waals surface area (Å²) in [5.74, 6) is 1.09. The van der Waals surface area contributed by atoms with E-state index < -0.39 is 4.92 Å². The number of nitro groups is 1. The average Bonchev–Trinajstić information content (AvgIpc) is 3.30. The standard InChI is InChI=1S/C21H17N3O3S/c1-13-6-7-14(24(25)26)10-17(13)19-9-8-15(27-19)12-23-21-18(11-22)16-4-2-3-5-20(16)28-21/h6-10,12H,2-5H2,1H3. The van der Waals surface area contributed by atoms with Crippen molar-refractivity contribution >= 4 is 28.2 Å². The maximum absolute atomic E-state index is 11.0. The van der Waals surface area contributed by atoms with Crippen LogP contribution in [-0.4, -0.2) is 11.1 Å². The Hall–Kier alpha value is -3.24. The number of nitrogens with zero attached hydrogens (tertiary/aromatic N) is 3. The summed E-state index contributed by atoms with van der Waals surface area (Å²) in [7, 11) is 0. The van der Waals surface area contributed by atoms with Crippen molar-refractivity contribution in [3.63, 3.8) is 0 Å². The lowest BCUT2D eigenvalue weighted by atomic mass is 9.96. The molecule has 2 aromatic heterocycles. The molecule has 0 N–H and O–H groups in total. The van der Waals surface area contributed by atoms with Crippen molar-refractivity contribution in [3.8, 4) is 17.4 Å². The Kier molecular flexibility index (Phi) is 4.80. The molecule has 140 valence electrons. The van der Waals surface area contributed by atoms with E-state index in [-0.39, 0.29) is 5.69 Å². The molecule has 7 heteroatoms. The van der Waals surface area contributed by atoms with Gasteiger partial charge in [-0.15, -0.1) is 11.3 Å². The van der Waals surface area contributed by atoms with Gasteiger partial charge < -0.3 is 4.42 Å². The summed E-state index contributed by atoms with van der Waals surface area (Å²) < 4.78 is 5.83. The van der Waals surface area contributed by atoms with Crippen molar-refractivity contribution < 1.29 is 9.34 Å². The van der Waals surface area contributed by atoms with Crippen molar-refractivity contribution in [2.75, 3.05) is 0 Å². The Morgan fingerprint density at radius 3 is 2.89 bits per heavy atom. The zero-order valence-corrected chi connectivity index (χ0v) is 16.1. The van der Waals surface area contributed by atoms with Crippen LogP contribution in [0.15, 0.2) is 39.7 Å². The molecule has 3 aromatic rings. The van der Waals surface area contributed by atoms with Gasteiger partial charge >= 0.3 is 0 Å². The minimum Gasteiger partial charge on any atom is -0.455 e. The smallest absolute Gasteiger partial charge is 0.270 e. The molecule has 1 aliphatic rings. The lowest BCUT2D eigenvalue weighted by Gasteiger charge is -2.09. The van der Waals surface area contributed by atoms with Crippen LogP contribution in [0.1, 0.15) is 40.2 Å². The molecule has 0 spiro atoms. The van der Waals surface area contributed by atoms with E-state index in [0.29, 0.717) is 22.6 Å². The van der Waals surface area contributed by atoms with Crippen LogP contribution in [0.2, 0.25) is 0 Å². The molecule has 0 radical (unpaired) electrons. The van der Waals surface area contributed by atoms with E-state index in [2.05, 4.69) is 11.1 Å². The first-order chi connectivity index (χ1) is 13.6. The number of furan rings is 1. The second-order valence-electron chi connectivity index (χ2n) is 6.72. The highest BCUT2D eigenvalue weighted by Crippen LogP contribution is 2.39. The molecule has 28 heavy (non-hydrogen) atoms. The number of nitriles is 1. The van der Waals surface area contributed by atoms with Crippen LogP contribution in [-0.2, 0) is 12.8 Å². The van der Waals surface area contributed by atoms with Crippen molar-refractivity contribution in [2.45, 2.75) is 32.6 Å². The quantitative estimate of drug-likeness (QED) is 0.323. The number of fused-ring (bicyclic) bond motifs is 1. The van der Waals surface area contributed by atoms with Crippen LogP contribution < -0.4 is 0 Å². The first kappa shape index (κ1) is 18.1. The largest absolute Gasteiger partial charge is 0.455 e. The van der Waals surface area contributed by atoms with Crippen molar-refractivity contribution in [1.29, 1.82) is 5.26 Å². The summed E-state index contributed by atoms with van der Waals surface area (Å²) in [6.45, 7) is 1.88. The molecule has 1 aliphatic carbocycles. The fourth-order valence-corrected chi connectivity index (χ4v) is 4.62. The third-order valence-electron chi connectivity index (χ3n) is 4.90. The molecular weight excluding hydrogens is 374 g/mol. The molecular formula is C21H17N3O3S. The van der Waals surface area contributed by atoms with Gasteiger partial charge in [-0.25, -0.2) is 4.99 Å². The van der Waals surface area contributed by atoms with Crippen LogP contribution in [0.5, 0.6) is 0 Å². The fraction of sp³-hybridized carbons (Fsp3) is 0.238. The minimum absolute atomic E-state index is 0.0232. The lowest BCUT2D eigenvalue weighted by Crippen LogP contribution is -1.99. The maximum Gasteiger partial charge on any atom is 0.270 e. The number of aryl methyl sites for hydroxylation is 2. The molecule has 0 fully saturated rings. The van der Waals surface area contributed by atoms with Gasteiger partial charge in [0.05, 0.1) is 16.7 Å². The number of benzene rings is 1. The molecule has 4 rings (SSSR count). The van der Waals surface area contributed by atoms with Gasteiger partial charge in [-0.05, 0) is 55.9 Å². The van der Waals surface area contributed by atoms with Crippen LogP contribution in [0.4, 0.5) is 10.7 Å². The number of rotatable bonds is 4. The van der Waals surface area contributed by atoms with Gasteiger partial charge in [0.15, 0.2) is 0 Å². The van der Waals surface area contributed by atoms with Gasteiger partial charge in [0, 0.05) is 22.6 Å². The number of non-ortho nitro benzene ring substituents is 1. The van der Waals surface area contributed by atoms with E-state index in [4.69, 9.17) is 4.42 Å². The third-order valence-corrected chi connectivity index (χ3v) is 6.10. The topological polar surface area (TPSA) is 92.4 Å². The number of nitro benzene ring substituents is 1. The van der Waals surface area contributed by atoms with Crippen molar-refractivity contribution in [3.05, 3.63) is 67.8 Å². The Bertz CT molecular complexity index is 1130. The summed E-state index contributed by atoms with van der Waals surface area (Å²) in [4.78, 5) is 16.4. The Labute approximate surface area is 165 Å². The highest BCUT2D eigenvalue weighted by Gasteiger charge is 2.20. The summed E-state index contributed by atoms with van der Waals surface area (Å²) >= 11 is 1.58. The SMILES string of the molecule is Cc1ccc([N+](=O)[O-])cc1-c1ccc(C=Nc2sc3c(c2C#N)CCCC3)o1. The summed E-state index contributed by atoms with van der Waals surface area (Å²) in [5.41, 5.74) is 3.42. The number of hydrogen-bond donors (Lipinski definition) is 0. The van der Waals surface area contributed by atoms with E-state index in [9.17, 15) is 15.4 Å². The summed E-state index contributed by atoms with van der Waals surface area (Å²) in [6, 6.07) is 10.5. The van der Waals surface area contributed by atoms with E-state index >= 15 is 0 Å². The second kappa shape index (κ2) is 7.41. The molecule has 0 unspecified atom stereocenters. The third kappa shape index (κ3) is 3.35. The predicted octanol–water partition coefficient (Wildman–Crippen LogP) is 5.73. The minimum atomic E-state index is -0.420. The summed E-state index contributed by atoms with van der Waals surface area (Å²) in [5, 5.41) is 21.3. The highest BCUT2D eigenvalue weighted by atomic mass is 32.1. The molecule has 0 amide bonds. The van der Waals surface area contributed by atoms with E-state index in [1.165, 1.54) is 17.0 Å². The van der Waals surface area contributed by atoms with Crippen molar-refractivity contribution in [1.82, 2.24) is 0 Å². The van der Waals surface area contributed by atoms with Gasteiger partial charge in [-0.3, -0.25) is 10.1 Å². The summed E-state index contributed by atoms with van der Waals surface area (Å²) in [6.07, 6.45) is 5.84. The van der Waals surface area contributed by atoms with E-state index in [1.54, 1.807) is 35.8 Å². The van der Waals surface area contributed by atoms with Gasteiger partial charge in [-0.1, -0.05) is 6.07 Å². The maximum atomic E-state index is 11.0. The second-order valence-corrected chi connectivity index (χ2v) is 7.80. The van der Waals surface area contributed by atoms with Crippen LogP contribution in [0, 0.1) is 28.4 Å². The molecule has 2 heterocycles. The zero-order valence-electron chi connectivity index (χ0n) is 15.3. The first-order valence-corrected chi connectivity index (χ1v) is 9.82. The van der Waals surface area contributed by atoms with Crippen LogP contribution in [0.3, 0.4) is 0 Å². The zero-order chi connectivity index (χ0) is 19.7. The molecule has 0 saturated carbocycles. The van der Waals surface area contributed by atoms with E-state index in [1.807, 2.05) is 6.92 Å². The molecule has 1 aromatic carbocycles. The number of hydrogen-bond acceptors (Lipinski definition) is 6. The predicted molar refractivity (Wildman–Crippen MR) is 108 cm³/mol. The normalized spacial score (nSPS) is 13.4. The lowest BCUT2D eigenvalue weighted by molar-refractivity contribution is -0.384. The van der Waals surface area contributed by atoms with Gasteiger partial charge in [0.2, 0.25) is 0 Å². The number of aliphatic imine (C=N–C) groups is 1. The monoisotopic (exact) mass is 391 g/mol. The molecule has 0 atom stereocenters. The van der Waals surface area contributed by atoms with Crippen molar-refractivity contribution in [2.24, 2.45) is 4.99 Å².